The van der Waals surface area contributed by atoms with Gasteiger partial charge in [-0.05, 0) is 50.1 Å². The fourth-order valence-electron chi connectivity index (χ4n) is 4.00. The van der Waals surface area contributed by atoms with Crippen LogP contribution in [0.3, 0.4) is 0 Å². The maximum atomic E-state index is 12.7. The van der Waals surface area contributed by atoms with Gasteiger partial charge in [-0.25, -0.2) is 4.68 Å². The van der Waals surface area contributed by atoms with Crippen molar-refractivity contribution in [3.63, 3.8) is 0 Å². The molecule has 0 aliphatic carbocycles. The lowest BCUT2D eigenvalue weighted by Crippen LogP contribution is -2.30. The molecule has 1 fully saturated rings. The molecule has 3 heterocycles. The largest absolute Gasteiger partial charge is 0.380 e. The number of nitrogen functional groups attached to an aromatic ring is 1. The van der Waals surface area contributed by atoms with Gasteiger partial charge >= 0.3 is 0 Å². The highest BCUT2D eigenvalue weighted by Crippen LogP contribution is 2.28. The van der Waals surface area contributed by atoms with Crippen molar-refractivity contribution in [3.8, 4) is 16.9 Å². The number of hydrogen-bond donors (Lipinski definition) is 2. The van der Waals surface area contributed by atoms with Crippen LogP contribution in [-0.2, 0) is 6.42 Å². The highest BCUT2D eigenvalue weighted by molar-refractivity contribution is 6.00. The maximum absolute atomic E-state index is 12.7. The lowest BCUT2D eigenvalue weighted by Gasteiger charge is -2.11. The fraction of sp³-hybridized carbons (Fsp3) is 0.261. The Morgan fingerprint density at radius 2 is 2.07 bits per heavy atom. The Kier molecular flexibility index (Phi) is 4.59. The van der Waals surface area contributed by atoms with E-state index in [1.807, 2.05) is 47.1 Å². The van der Waals surface area contributed by atoms with Gasteiger partial charge < -0.3 is 15.6 Å². The van der Waals surface area contributed by atoms with Gasteiger partial charge in [-0.15, -0.1) is 0 Å². The molecule has 7 heteroatoms. The summed E-state index contributed by atoms with van der Waals surface area (Å²) in [5.74, 6) is 0.523. The number of aromatic nitrogens is 3. The predicted molar refractivity (Wildman–Crippen MR) is 116 cm³/mol. The third-order valence-corrected chi connectivity index (χ3v) is 5.69. The molecule has 30 heavy (non-hydrogen) atoms. The van der Waals surface area contributed by atoms with Gasteiger partial charge in [-0.2, -0.15) is 5.10 Å². The predicted octanol–water partition coefficient (Wildman–Crippen LogP) is 3.76. The van der Waals surface area contributed by atoms with E-state index in [1.165, 1.54) is 0 Å². The average Bonchev–Trinajstić information content (AvgIpc) is 3.53. The summed E-state index contributed by atoms with van der Waals surface area (Å²) in [4.78, 5) is 12.7. The van der Waals surface area contributed by atoms with Gasteiger partial charge in [0, 0.05) is 11.1 Å². The number of Topliss-reactive ketones (excluding diaryl/α,β-unsaturated/α-hetero) is 1. The Balaban J connectivity index is 1.53. The van der Waals surface area contributed by atoms with E-state index in [1.54, 1.807) is 0 Å². The molecule has 1 saturated heterocycles. The number of nitrogens with one attached hydrogen (secondary N) is 1. The number of anilines is 1. The summed E-state index contributed by atoms with van der Waals surface area (Å²) in [6, 6.07) is 15.5. The Bertz CT molecular complexity index is 1220. The Morgan fingerprint density at radius 1 is 1.23 bits per heavy atom. The van der Waals surface area contributed by atoms with Crippen LogP contribution in [0.5, 0.6) is 0 Å². The van der Waals surface area contributed by atoms with Crippen molar-refractivity contribution in [2.45, 2.75) is 32.2 Å². The molecule has 3 N–H and O–H groups in total. The average molecular weight is 401 g/mol. The second-order valence-corrected chi connectivity index (χ2v) is 7.63. The normalized spacial score (nSPS) is 16.4. The quantitative estimate of drug-likeness (QED) is 0.494. The molecule has 0 radical (unpaired) electrons. The van der Waals surface area contributed by atoms with E-state index >= 15 is 0 Å². The second-order valence-electron chi connectivity index (χ2n) is 7.63. The monoisotopic (exact) mass is 401 g/mol. The van der Waals surface area contributed by atoms with Gasteiger partial charge in [0.05, 0.1) is 28.5 Å². The summed E-state index contributed by atoms with van der Waals surface area (Å²) in [5.41, 5.74) is 11.1. The van der Waals surface area contributed by atoms with E-state index in [4.69, 9.17) is 15.4 Å². The van der Waals surface area contributed by atoms with Crippen molar-refractivity contribution in [1.82, 2.24) is 20.3 Å². The van der Waals surface area contributed by atoms with E-state index in [-0.39, 0.29) is 11.8 Å². The summed E-state index contributed by atoms with van der Waals surface area (Å²) >= 11 is 0. The van der Waals surface area contributed by atoms with Crippen LogP contribution in [0.2, 0.25) is 0 Å². The molecule has 0 spiro atoms. The number of carbonyl (C=O) groups excluding carboxylic acids is 1. The van der Waals surface area contributed by atoms with Crippen LogP contribution in [0.25, 0.3) is 27.9 Å². The van der Waals surface area contributed by atoms with Gasteiger partial charge in [0.2, 0.25) is 0 Å². The van der Waals surface area contributed by atoms with E-state index < -0.39 is 0 Å². The first-order valence-corrected chi connectivity index (χ1v) is 10.3. The third-order valence-electron chi connectivity index (χ3n) is 5.69. The smallest absolute Gasteiger partial charge is 0.179 e. The molecule has 1 unspecified atom stereocenters. The summed E-state index contributed by atoms with van der Waals surface area (Å²) in [5, 5.41) is 12.6. The Morgan fingerprint density at radius 3 is 2.80 bits per heavy atom. The molecule has 4 aromatic rings. The lowest BCUT2D eigenvalue weighted by molar-refractivity contribution is 0.0952. The van der Waals surface area contributed by atoms with Crippen molar-refractivity contribution < 1.29 is 9.32 Å². The fourth-order valence-corrected chi connectivity index (χ4v) is 4.00. The van der Waals surface area contributed by atoms with E-state index in [0.29, 0.717) is 11.4 Å². The number of rotatable bonds is 5. The molecule has 2 aromatic heterocycles. The summed E-state index contributed by atoms with van der Waals surface area (Å²) in [6.45, 7) is 2.99. The van der Waals surface area contributed by atoms with Gasteiger partial charge in [-0.3, -0.25) is 4.79 Å². The molecule has 0 amide bonds. The van der Waals surface area contributed by atoms with Crippen molar-refractivity contribution in [2.75, 3.05) is 12.3 Å². The first-order valence-electron chi connectivity index (χ1n) is 10.3. The van der Waals surface area contributed by atoms with Crippen LogP contribution < -0.4 is 11.1 Å². The number of benzene rings is 2. The molecule has 1 aliphatic heterocycles. The Hall–Kier alpha value is -3.45. The number of carbonyl (C=O) groups is 1. The van der Waals surface area contributed by atoms with Gasteiger partial charge in [-0.1, -0.05) is 36.3 Å². The molecule has 5 rings (SSSR count). The van der Waals surface area contributed by atoms with Gasteiger partial charge in [0.1, 0.15) is 0 Å². The highest BCUT2D eigenvalue weighted by Gasteiger charge is 2.23. The standard InChI is InChI=1S/C23H23N5O2/c1-2-16-12-20(14-5-7-15(8-6-14)22(29)19-4-3-11-25-19)28(26-16)17-9-10-21-18(13-17)23(24)27-30-21/h5-10,12-13,19,25H,2-4,11H2,1H3,(H2,24,27). The molecular weight excluding hydrogens is 378 g/mol. The van der Waals surface area contributed by atoms with Crippen molar-refractivity contribution in [1.29, 1.82) is 0 Å². The molecule has 0 saturated carbocycles. The maximum Gasteiger partial charge on any atom is 0.179 e. The molecule has 2 aromatic carbocycles. The van der Waals surface area contributed by atoms with Crippen LogP contribution >= 0.6 is 0 Å². The van der Waals surface area contributed by atoms with Crippen LogP contribution in [0.15, 0.2) is 53.1 Å². The topological polar surface area (TPSA) is 99.0 Å². The van der Waals surface area contributed by atoms with Crippen LogP contribution in [0.4, 0.5) is 5.82 Å². The van der Waals surface area contributed by atoms with Crippen LogP contribution in [0, 0.1) is 0 Å². The minimum atomic E-state index is -0.0613. The van der Waals surface area contributed by atoms with Gasteiger partial charge in [0.25, 0.3) is 0 Å². The number of nitrogens with zero attached hydrogens (tertiary/aromatic N) is 3. The molecule has 7 nitrogen and oxygen atoms in total. The van der Waals surface area contributed by atoms with Crippen molar-refractivity contribution in [3.05, 3.63) is 59.8 Å². The number of hydrogen-bond acceptors (Lipinski definition) is 6. The van der Waals surface area contributed by atoms with E-state index in [2.05, 4.69) is 23.5 Å². The molecular formula is C23H23N5O2. The van der Waals surface area contributed by atoms with Gasteiger partial charge in [0.15, 0.2) is 17.2 Å². The van der Waals surface area contributed by atoms with E-state index in [0.717, 1.165) is 59.4 Å². The first kappa shape index (κ1) is 18.6. The van der Waals surface area contributed by atoms with Crippen LogP contribution in [-0.4, -0.2) is 33.3 Å². The lowest BCUT2D eigenvalue weighted by atomic mass is 10.0. The minimum Gasteiger partial charge on any atom is -0.380 e. The highest BCUT2D eigenvalue weighted by atomic mass is 16.5. The molecule has 152 valence electrons. The number of nitrogens with two attached hydrogens (primary N) is 1. The number of aryl methyl sites for hydroxylation is 1. The number of ketones is 1. The first-order chi connectivity index (χ1) is 14.6. The summed E-state index contributed by atoms with van der Waals surface area (Å²) in [6.07, 6.45) is 2.78. The van der Waals surface area contributed by atoms with Crippen molar-refractivity contribution >= 4 is 22.6 Å². The number of fused-ring (bicyclic) bond motifs is 1. The van der Waals surface area contributed by atoms with Crippen molar-refractivity contribution in [2.24, 2.45) is 0 Å². The minimum absolute atomic E-state index is 0.0613. The zero-order valence-corrected chi connectivity index (χ0v) is 16.8. The molecule has 0 bridgehead atoms. The molecule has 1 aliphatic rings. The SMILES string of the molecule is CCc1cc(-c2ccc(C(=O)C3CCCN3)cc2)n(-c2ccc3onc(N)c3c2)n1. The zero-order chi connectivity index (χ0) is 20.7. The van der Waals surface area contributed by atoms with E-state index in [9.17, 15) is 4.79 Å². The molecule has 1 atom stereocenters. The third kappa shape index (κ3) is 3.17. The zero-order valence-electron chi connectivity index (χ0n) is 16.8. The summed E-state index contributed by atoms with van der Waals surface area (Å²) < 4.78 is 7.12. The summed E-state index contributed by atoms with van der Waals surface area (Å²) in [7, 11) is 0. The second kappa shape index (κ2) is 7.42. The Labute approximate surface area is 173 Å². The van der Waals surface area contributed by atoms with Crippen LogP contribution in [0.1, 0.15) is 35.8 Å².